The van der Waals surface area contributed by atoms with E-state index in [0.717, 1.165) is 29.7 Å². The molecule has 1 nitrogen and oxygen atoms in total. The van der Waals surface area contributed by atoms with Crippen LogP contribution in [0.5, 0.6) is 0 Å². The maximum atomic E-state index is 13.8. The average molecular weight is 316 g/mol. The van der Waals surface area contributed by atoms with E-state index < -0.39 is 0 Å². The highest BCUT2D eigenvalue weighted by Gasteiger charge is 2.20. The number of benzene rings is 1. The van der Waals surface area contributed by atoms with Crippen LogP contribution in [0.15, 0.2) is 22.2 Å². The summed E-state index contributed by atoms with van der Waals surface area (Å²) in [5.74, 6) is -0.198. The van der Waals surface area contributed by atoms with Crippen LogP contribution >= 0.6 is 15.9 Å². The summed E-state index contributed by atoms with van der Waals surface area (Å²) in [5.41, 5.74) is 2.80. The molecule has 0 amide bonds. The first-order valence-electron chi connectivity index (χ1n) is 6.03. The van der Waals surface area contributed by atoms with E-state index in [2.05, 4.69) is 20.8 Å². The van der Waals surface area contributed by atoms with Gasteiger partial charge in [0.2, 0.25) is 0 Å². The molecule has 0 aliphatic carbocycles. The molecule has 1 aromatic rings. The summed E-state index contributed by atoms with van der Waals surface area (Å²) in [5, 5.41) is 0. The van der Waals surface area contributed by atoms with Gasteiger partial charge in [-0.2, -0.15) is 0 Å². The van der Waals surface area contributed by atoms with Crippen molar-refractivity contribution in [3.05, 3.63) is 39.1 Å². The first-order valence-corrected chi connectivity index (χ1v) is 6.83. The molecule has 1 saturated heterocycles. The van der Waals surface area contributed by atoms with Crippen molar-refractivity contribution in [2.75, 3.05) is 26.3 Å². The molecule has 0 atom stereocenters. The molecule has 0 bridgehead atoms. The van der Waals surface area contributed by atoms with E-state index in [9.17, 15) is 8.78 Å². The summed E-state index contributed by atoms with van der Waals surface area (Å²) in [6.07, 6.45) is 2.50. The molecule has 98 valence electrons. The third kappa shape index (κ3) is 3.18. The Kier molecular flexibility index (Phi) is 4.51. The average Bonchev–Trinajstić information content (AvgIpc) is 2.24. The van der Waals surface area contributed by atoms with Crippen molar-refractivity contribution in [3.63, 3.8) is 0 Å². The minimum atomic E-state index is -0.268. The molecule has 0 spiro atoms. The highest BCUT2D eigenvalue weighted by atomic mass is 79.9. The van der Waals surface area contributed by atoms with Crippen LogP contribution in [0.2, 0.25) is 0 Å². The SMILES string of the molecule is Cc1cc(Br)cc(F)c1C=C1CN(CCCF)C1. The van der Waals surface area contributed by atoms with E-state index in [1.165, 1.54) is 11.6 Å². The van der Waals surface area contributed by atoms with Crippen molar-refractivity contribution >= 4 is 22.0 Å². The number of hydrogen-bond donors (Lipinski definition) is 0. The number of nitrogens with zero attached hydrogens (tertiary/aromatic N) is 1. The Morgan fingerprint density at radius 3 is 2.72 bits per heavy atom. The molecule has 0 aromatic heterocycles. The summed E-state index contributed by atoms with van der Waals surface area (Å²) < 4.78 is 26.6. The van der Waals surface area contributed by atoms with E-state index >= 15 is 0 Å². The molecular formula is C14H16BrF2N. The van der Waals surface area contributed by atoms with Crippen molar-refractivity contribution in [1.29, 1.82) is 0 Å². The fraction of sp³-hybridized carbons (Fsp3) is 0.429. The van der Waals surface area contributed by atoms with Crippen LogP contribution in [0.25, 0.3) is 6.08 Å². The van der Waals surface area contributed by atoms with E-state index in [1.807, 2.05) is 19.1 Å². The summed E-state index contributed by atoms with van der Waals surface area (Å²) >= 11 is 3.28. The molecule has 1 aliphatic rings. The van der Waals surface area contributed by atoms with Gasteiger partial charge in [-0.3, -0.25) is 9.29 Å². The summed E-state index contributed by atoms with van der Waals surface area (Å²) in [7, 11) is 0. The second-order valence-electron chi connectivity index (χ2n) is 4.67. The lowest BCUT2D eigenvalue weighted by Crippen LogP contribution is -2.40. The van der Waals surface area contributed by atoms with Crippen LogP contribution in [0.4, 0.5) is 8.78 Å². The topological polar surface area (TPSA) is 3.24 Å². The molecular weight excluding hydrogens is 300 g/mol. The lowest BCUT2D eigenvalue weighted by Gasteiger charge is -2.34. The summed E-state index contributed by atoms with van der Waals surface area (Å²) in [4.78, 5) is 2.16. The van der Waals surface area contributed by atoms with Crippen LogP contribution < -0.4 is 0 Å². The minimum absolute atomic E-state index is 0.198. The molecule has 4 heteroatoms. The Bertz CT molecular complexity index is 440. The maximum absolute atomic E-state index is 13.8. The molecule has 2 rings (SSSR count). The summed E-state index contributed by atoms with van der Waals surface area (Å²) in [6, 6.07) is 3.40. The Balaban J connectivity index is 2.03. The second kappa shape index (κ2) is 5.93. The van der Waals surface area contributed by atoms with Crippen LogP contribution in [0, 0.1) is 12.7 Å². The standard InChI is InChI=1S/C14H16BrF2N/c1-10-5-12(15)7-14(17)13(10)6-11-8-18(9-11)4-2-3-16/h5-7H,2-4,8-9H2,1H3. The van der Waals surface area contributed by atoms with Crippen LogP contribution in [-0.4, -0.2) is 31.2 Å². The highest BCUT2D eigenvalue weighted by Crippen LogP contribution is 2.25. The Morgan fingerprint density at radius 1 is 1.39 bits per heavy atom. The van der Waals surface area contributed by atoms with Gasteiger partial charge in [0, 0.05) is 29.7 Å². The lowest BCUT2D eigenvalue weighted by atomic mass is 10.0. The first-order chi connectivity index (χ1) is 8.60. The van der Waals surface area contributed by atoms with Crippen molar-refractivity contribution in [1.82, 2.24) is 4.90 Å². The van der Waals surface area contributed by atoms with E-state index in [0.29, 0.717) is 12.0 Å². The number of hydrogen-bond acceptors (Lipinski definition) is 1. The zero-order valence-corrected chi connectivity index (χ0v) is 11.9. The summed E-state index contributed by atoms with van der Waals surface area (Å²) in [6.45, 7) is 4.08. The molecule has 0 unspecified atom stereocenters. The van der Waals surface area contributed by atoms with Crippen LogP contribution in [-0.2, 0) is 0 Å². The van der Waals surface area contributed by atoms with Gasteiger partial charge < -0.3 is 0 Å². The monoisotopic (exact) mass is 315 g/mol. The Morgan fingerprint density at radius 2 is 2.11 bits per heavy atom. The van der Waals surface area contributed by atoms with Gasteiger partial charge in [-0.1, -0.05) is 15.9 Å². The molecule has 18 heavy (non-hydrogen) atoms. The molecule has 0 radical (unpaired) electrons. The zero-order chi connectivity index (χ0) is 13.1. The van der Waals surface area contributed by atoms with Crippen LogP contribution in [0.3, 0.4) is 0 Å². The molecule has 1 aliphatic heterocycles. The normalized spacial score (nSPS) is 15.7. The number of halogens is 3. The molecule has 1 aromatic carbocycles. The van der Waals surface area contributed by atoms with Gasteiger partial charge in [0.25, 0.3) is 0 Å². The third-order valence-electron chi connectivity index (χ3n) is 3.11. The Hall–Kier alpha value is -0.740. The maximum Gasteiger partial charge on any atom is 0.131 e. The van der Waals surface area contributed by atoms with Gasteiger partial charge in [-0.25, -0.2) is 4.39 Å². The van der Waals surface area contributed by atoms with Gasteiger partial charge >= 0.3 is 0 Å². The van der Waals surface area contributed by atoms with E-state index in [-0.39, 0.29) is 12.5 Å². The van der Waals surface area contributed by atoms with E-state index in [1.54, 1.807) is 0 Å². The fourth-order valence-electron chi connectivity index (χ4n) is 2.16. The molecule has 1 heterocycles. The van der Waals surface area contributed by atoms with E-state index in [4.69, 9.17) is 0 Å². The quantitative estimate of drug-likeness (QED) is 0.813. The van der Waals surface area contributed by atoms with Gasteiger partial charge in [0.1, 0.15) is 5.82 Å². The molecule has 0 N–H and O–H groups in total. The predicted molar refractivity (Wildman–Crippen MR) is 73.8 cm³/mol. The number of rotatable bonds is 4. The number of likely N-dealkylation sites (tertiary alicyclic amines) is 1. The van der Waals surface area contributed by atoms with Gasteiger partial charge in [0.15, 0.2) is 0 Å². The highest BCUT2D eigenvalue weighted by molar-refractivity contribution is 9.10. The second-order valence-corrected chi connectivity index (χ2v) is 5.59. The van der Waals surface area contributed by atoms with Gasteiger partial charge in [-0.15, -0.1) is 0 Å². The van der Waals surface area contributed by atoms with Gasteiger partial charge in [0.05, 0.1) is 6.67 Å². The van der Waals surface area contributed by atoms with Crippen molar-refractivity contribution in [2.24, 2.45) is 0 Å². The Labute approximate surface area is 115 Å². The third-order valence-corrected chi connectivity index (χ3v) is 3.57. The lowest BCUT2D eigenvalue weighted by molar-refractivity contribution is 0.239. The van der Waals surface area contributed by atoms with Gasteiger partial charge in [-0.05, 0) is 42.7 Å². The first kappa shape index (κ1) is 13.7. The molecule has 0 saturated carbocycles. The largest absolute Gasteiger partial charge is 0.295 e. The van der Waals surface area contributed by atoms with Crippen LogP contribution in [0.1, 0.15) is 17.5 Å². The number of aryl methyl sites for hydroxylation is 1. The fourth-order valence-corrected chi connectivity index (χ4v) is 2.71. The predicted octanol–water partition coefficient (Wildman–Crippen LogP) is 3.96. The molecule has 1 fully saturated rings. The minimum Gasteiger partial charge on any atom is -0.295 e. The van der Waals surface area contributed by atoms with Crippen molar-refractivity contribution < 1.29 is 8.78 Å². The van der Waals surface area contributed by atoms with Crippen molar-refractivity contribution in [2.45, 2.75) is 13.3 Å². The smallest absolute Gasteiger partial charge is 0.131 e. The zero-order valence-electron chi connectivity index (χ0n) is 10.3. The van der Waals surface area contributed by atoms with Crippen molar-refractivity contribution in [3.8, 4) is 0 Å². The number of alkyl halides is 1.